The summed E-state index contributed by atoms with van der Waals surface area (Å²) in [7, 11) is -4.19. The van der Waals surface area contributed by atoms with Crippen molar-refractivity contribution < 1.29 is 22.7 Å². The van der Waals surface area contributed by atoms with Crippen molar-refractivity contribution in [3.63, 3.8) is 0 Å². The average molecular weight is 567 g/mol. The molecule has 2 aromatic rings. The predicted octanol–water partition coefficient (Wildman–Crippen LogP) is 3.48. The fourth-order valence-electron chi connectivity index (χ4n) is 4.14. The van der Waals surface area contributed by atoms with Gasteiger partial charge in [-0.2, -0.15) is 0 Å². The van der Waals surface area contributed by atoms with Crippen LogP contribution < -0.4 is 20.7 Å². The predicted molar refractivity (Wildman–Crippen MR) is 141 cm³/mol. The van der Waals surface area contributed by atoms with Crippen LogP contribution in [0.1, 0.15) is 43.9 Å². The van der Waals surface area contributed by atoms with Gasteiger partial charge < -0.3 is 20.7 Å². The molecule has 2 aromatic carbocycles. The number of hydrogen-bond donors (Lipinski definition) is 3. The Balaban J connectivity index is 1.50. The molecule has 0 fully saturated rings. The van der Waals surface area contributed by atoms with E-state index in [1.807, 2.05) is 18.2 Å². The third kappa shape index (κ3) is 6.20. The lowest BCUT2D eigenvalue weighted by atomic mass is 9.98. The third-order valence-electron chi connectivity index (χ3n) is 6.07. The van der Waals surface area contributed by atoms with E-state index in [9.17, 15) is 18.0 Å². The maximum Gasteiger partial charge on any atom is 0.264 e. The fourth-order valence-corrected chi connectivity index (χ4v) is 5.98. The van der Waals surface area contributed by atoms with Crippen LogP contribution in [0, 0.1) is 0 Å². The molecule has 0 spiro atoms. The van der Waals surface area contributed by atoms with E-state index < -0.39 is 27.9 Å². The first-order valence-electron chi connectivity index (χ1n) is 11.8. The molecule has 9 nitrogen and oxygen atoms in total. The second-order valence-corrected chi connectivity index (χ2v) is 11.8. The number of halogens is 2. The molecule has 0 saturated heterocycles. The number of nitrogens with zero attached hydrogens (tertiary/aromatic N) is 1. The number of hydrogen-bond acceptors (Lipinski definition) is 6. The number of carbonyl (C=O) groups is 2. The maximum atomic E-state index is 13.3. The van der Waals surface area contributed by atoms with Crippen LogP contribution in [0.5, 0.6) is 5.75 Å². The highest BCUT2D eigenvalue weighted by Gasteiger charge is 2.37. The number of sulfonamides is 1. The molecule has 3 N–H and O–H groups in total. The van der Waals surface area contributed by atoms with E-state index in [-0.39, 0.29) is 27.4 Å². The van der Waals surface area contributed by atoms with Crippen LogP contribution in [0.4, 0.5) is 0 Å². The number of rotatable bonds is 8. The molecule has 2 aliphatic rings. The Kier molecular flexibility index (Phi) is 8.33. The van der Waals surface area contributed by atoms with Gasteiger partial charge in [-0.1, -0.05) is 49.2 Å². The van der Waals surface area contributed by atoms with Gasteiger partial charge in [-0.25, -0.2) is 8.42 Å². The number of amides is 2. The van der Waals surface area contributed by atoms with Gasteiger partial charge in [-0.3, -0.25) is 13.9 Å². The van der Waals surface area contributed by atoms with E-state index in [1.165, 1.54) is 30.6 Å². The van der Waals surface area contributed by atoms with E-state index in [2.05, 4.69) is 29.8 Å². The van der Waals surface area contributed by atoms with E-state index in [4.69, 9.17) is 27.9 Å². The van der Waals surface area contributed by atoms with Gasteiger partial charge in [0, 0.05) is 37.0 Å². The van der Waals surface area contributed by atoms with Crippen molar-refractivity contribution in [3.8, 4) is 5.75 Å². The van der Waals surface area contributed by atoms with Gasteiger partial charge in [0.2, 0.25) is 11.8 Å². The molecule has 0 unspecified atom stereocenters. The first-order chi connectivity index (χ1) is 17.6. The summed E-state index contributed by atoms with van der Waals surface area (Å²) in [5.41, 5.74) is 1.90. The first kappa shape index (κ1) is 27.3. The van der Waals surface area contributed by atoms with Crippen molar-refractivity contribution in [2.45, 2.75) is 56.3 Å². The molecule has 0 aliphatic carbocycles. The molecular formula is C25H28Cl2N4O5S. The topological polar surface area (TPSA) is 117 Å². The zero-order chi connectivity index (χ0) is 26.7. The second-order valence-electron chi connectivity index (χ2n) is 9.12. The van der Waals surface area contributed by atoms with Gasteiger partial charge in [-0.15, -0.1) is 0 Å². The summed E-state index contributed by atoms with van der Waals surface area (Å²) in [6.07, 6.45) is 2.60. The number of carbonyl (C=O) groups excluding carboxylic acids is 2. The van der Waals surface area contributed by atoms with Gasteiger partial charge in [0.25, 0.3) is 10.0 Å². The van der Waals surface area contributed by atoms with Gasteiger partial charge in [0.05, 0.1) is 34.0 Å². The SMILES string of the molecule is CC(C)NCc1ccc2c(c1)OCC[C@H]2NC(=O)C[C@@H]1C(=O)NC=CN1S(=O)(=O)c1ccc(Cl)c(Cl)c1. The molecule has 2 atom stereocenters. The summed E-state index contributed by atoms with van der Waals surface area (Å²) in [6, 6.07) is 8.45. The average Bonchev–Trinajstić information content (AvgIpc) is 2.85. The minimum absolute atomic E-state index is 0.0591. The third-order valence-corrected chi connectivity index (χ3v) is 8.59. The monoisotopic (exact) mass is 566 g/mol. The quantitative estimate of drug-likeness (QED) is 0.450. The summed E-state index contributed by atoms with van der Waals surface area (Å²) in [5.74, 6) is -0.383. The van der Waals surface area contributed by atoms with Gasteiger partial charge in [-0.05, 0) is 29.8 Å². The Hall–Kier alpha value is -2.79. The van der Waals surface area contributed by atoms with Crippen LogP contribution in [0.3, 0.4) is 0 Å². The van der Waals surface area contributed by atoms with E-state index >= 15 is 0 Å². The summed E-state index contributed by atoms with van der Waals surface area (Å²) < 4.78 is 33.3. The van der Waals surface area contributed by atoms with E-state index in [0.29, 0.717) is 31.4 Å². The van der Waals surface area contributed by atoms with Crippen LogP contribution in [-0.2, 0) is 26.2 Å². The summed E-state index contributed by atoms with van der Waals surface area (Å²) in [4.78, 5) is 25.6. The second kappa shape index (κ2) is 11.3. The molecule has 198 valence electrons. The van der Waals surface area contributed by atoms with Gasteiger partial charge in [0.15, 0.2) is 0 Å². The normalized spacial score (nSPS) is 19.3. The summed E-state index contributed by atoms with van der Waals surface area (Å²) >= 11 is 11.9. The molecule has 0 radical (unpaired) electrons. The Morgan fingerprint density at radius 1 is 1.19 bits per heavy atom. The number of fused-ring (bicyclic) bond motifs is 1. The molecule has 2 aliphatic heterocycles. The lowest BCUT2D eigenvalue weighted by Gasteiger charge is -2.32. The van der Waals surface area contributed by atoms with Crippen LogP contribution in [0.2, 0.25) is 10.0 Å². The van der Waals surface area contributed by atoms with Gasteiger partial charge in [0.1, 0.15) is 11.8 Å². The molecule has 2 amide bonds. The number of benzene rings is 2. The lowest BCUT2D eigenvalue weighted by molar-refractivity contribution is -0.129. The standard InChI is InChI=1S/C25H28Cl2N4O5S/c1-15(2)29-14-16-3-5-18-21(7-10-36-23(18)11-16)30-24(32)13-22-25(33)28-8-9-31(22)37(34,35)17-4-6-19(26)20(27)12-17/h3-6,8-9,11-12,15,21-22,29H,7,10,13-14H2,1-2H3,(H,28,33)(H,30,32)/t21-,22-/m1/s1. The molecule has 0 bridgehead atoms. The van der Waals surface area contributed by atoms with Crippen LogP contribution in [-0.4, -0.2) is 43.2 Å². The molecule has 37 heavy (non-hydrogen) atoms. The highest BCUT2D eigenvalue weighted by molar-refractivity contribution is 7.89. The van der Waals surface area contributed by atoms with E-state index in [1.54, 1.807) is 0 Å². The van der Waals surface area contributed by atoms with Crippen molar-refractivity contribution in [2.75, 3.05) is 6.61 Å². The minimum Gasteiger partial charge on any atom is -0.493 e. The molecule has 4 rings (SSSR count). The molecule has 12 heteroatoms. The Morgan fingerprint density at radius 2 is 1.97 bits per heavy atom. The maximum absolute atomic E-state index is 13.3. The summed E-state index contributed by atoms with van der Waals surface area (Å²) in [6.45, 7) is 5.25. The fraction of sp³-hybridized carbons (Fsp3) is 0.360. The number of ether oxygens (including phenoxy) is 1. The lowest BCUT2D eigenvalue weighted by Crippen LogP contribution is -2.51. The molecule has 0 saturated carbocycles. The largest absolute Gasteiger partial charge is 0.493 e. The van der Waals surface area contributed by atoms with Crippen molar-refractivity contribution in [1.29, 1.82) is 0 Å². The number of nitrogens with one attached hydrogen (secondary N) is 3. The van der Waals surface area contributed by atoms with Crippen LogP contribution >= 0.6 is 23.2 Å². The Labute approximate surface area is 226 Å². The van der Waals surface area contributed by atoms with Crippen molar-refractivity contribution >= 4 is 45.0 Å². The Bertz CT molecular complexity index is 1330. The highest BCUT2D eigenvalue weighted by atomic mass is 35.5. The van der Waals surface area contributed by atoms with Crippen LogP contribution in [0.25, 0.3) is 0 Å². The van der Waals surface area contributed by atoms with Crippen molar-refractivity contribution in [2.24, 2.45) is 0 Å². The van der Waals surface area contributed by atoms with E-state index in [0.717, 1.165) is 15.4 Å². The first-order valence-corrected chi connectivity index (χ1v) is 14.0. The molecule has 0 aromatic heterocycles. The smallest absolute Gasteiger partial charge is 0.264 e. The van der Waals surface area contributed by atoms with Crippen LogP contribution in [0.15, 0.2) is 53.7 Å². The van der Waals surface area contributed by atoms with Crippen molar-refractivity contribution in [3.05, 3.63) is 70.0 Å². The Morgan fingerprint density at radius 3 is 2.70 bits per heavy atom. The van der Waals surface area contributed by atoms with Gasteiger partial charge >= 0.3 is 0 Å². The summed E-state index contributed by atoms with van der Waals surface area (Å²) in [5, 5.41) is 9.04. The molecule has 2 heterocycles. The molecular weight excluding hydrogens is 539 g/mol. The minimum atomic E-state index is -4.19. The van der Waals surface area contributed by atoms with Crippen molar-refractivity contribution in [1.82, 2.24) is 20.3 Å². The zero-order valence-electron chi connectivity index (χ0n) is 20.3. The highest BCUT2D eigenvalue weighted by Crippen LogP contribution is 2.33. The zero-order valence-corrected chi connectivity index (χ0v) is 22.7.